The Kier molecular flexibility index (Phi) is 6.32. The van der Waals surface area contributed by atoms with Gasteiger partial charge in [-0.05, 0) is 0 Å². The fourth-order valence-electron chi connectivity index (χ4n) is 1.41. The van der Waals surface area contributed by atoms with E-state index in [1.54, 1.807) is 3.88 Å². The maximum absolute atomic E-state index is 2.35. The molecule has 0 spiro atoms. The second-order valence-electron chi connectivity index (χ2n) is 2.63. The molecule has 1 aliphatic carbocycles. The largest absolute Gasteiger partial charge is 1.00 e. The zero-order valence-corrected chi connectivity index (χ0v) is 9.55. The van der Waals surface area contributed by atoms with Gasteiger partial charge in [-0.25, -0.2) is 0 Å². The molecule has 0 aromatic carbocycles. The third-order valence-electron chi connectivity index (χ3n) is 2.08. The van der Waals surface area contributed by atoms with Crippen LogP contribution in [0.1, 0.15) is 20.3 Å². The van der Waals surface area contributed by atoms with Crippen LogP contribution in [-0.2, 0) is 17.9 Å². The molecule has 0 amide bonds. The molecule has 11 heavy (non-hydrogen) atoms. The molecular formula is C9H15ClTi. The Hall–Kier alpha value is 0.484. The van der Waals surface area contributed by atoms with Gasteiger partial charge in [0.1, 0.15) is 0 Å². The molecule has 0 unspecified atom stereocenters. The van der Waals surface area contributed by atoms with Crippen molar-refractivity contribution in [1.29, 1.82) is 0 Å². The van der Waals surface area contributed by atoms with E-state index in [0.717, 1.165) is 0 Å². The topological polar surface area (TPSA) is 0 Å². The molecule has 0 bridgehead atoms. The van der Waals surface area contributed by atoms with Gasteiger partial charge in [-0.1, -0.05) is 0 Å². The molecule has 1 rings (SSSR count). The van der Waals surface area contributed by atoms with E-state index in [9.17, 15) is 0 Å². The van der Waals surface area contributed by atoms with Crippen molar-refractivity contribution in [2.75, 3.05) is 0 Å². The van der Waals surface area contributed by atoms with Crippen molar-refractivity contribution in [3.05, 3.63) is 22.1 Å². The molecule has 0 aliphatic heterocycles. The first-order valence-electron chi connectivity index (χ1n) is 4.09. The van der Waals surface area contributed by atoms with E-state index in [1.807, 2.05) is 0 Å². The Morgan fingerprint density at radius 1 is 1.36 bits per heavy atom. The van der Waals surface area contributed by atoms with Crippen LogP contribution in [0, 0.1) is 0 Å². The predicted molar refractivity (Wildman–Crippen MR) is 42.8 cm³/mol. The van der Waals surface area contributed by atoms with Gasteiger partial charge in [0, 0.05) is 0 Å². The summed E-state index contributed by atoms with van der Waals surface area (Å²) in [5.74, 6) is 0. The van der Waals surface area contributed by atoms with Crippen molar-refractivity contribution in [2.45, 2.75) is 29.7 Å². The standard InChI is InChI=1S/C5H5.2C2H5.ClH.Ti/c1-2-4-5-3-1;2*1-2;;/h1-3H,4H2;2*1H2,2H3;1H;/q;;;;+1/p-1. The van der Waals surface area contributed by atoms with E-state index < -0.39 is 17.9 Å². The first kappa shape index (κ1) is 11.5. The molecule has 2 heteroatoms. The molecule has 0 heterocycles. The third-order valence-corrected chi connectivity index (χ3v) is 6.74. The minimum atomic E-state index is -0.704. The Labute approximate surface area is 82.0 Å². The van der Waals surface area contributed by atoms with Crippen molar-refractivity contribution in [3.8, 4) is 0 Å². The molecule has 0 saturated heterocycles. The number of rotatable bonds is 3. The summed E-state index contributed by atoms with van der Waals surface area (Å²) in [4.78, 5) is 0. The van der Waals surface area contributed by atoms with E-state index in [1.165, 1.54) is 15.9 Å². The average Bonchev–Trinajstić information content (AvgIpc) is 2.43. The zero-order chi connectivity index (χ0) is 7.40. The van der Waals surface area contributed by atoms with Gasteiger partial charge in [0.25, 0.3) is 0 Å². The smallest absolute Gasteiger partial charge is 1.00 e. The van der Waals surface area contributed by atoms with E-state index in [0.29, 0.717) is 0 Å². The third kappa shape index (κ3) is 3.15. The van der Waals surface area contributed by atoms with Crippen molar-refractivity contribution < 1.29 is 30.3 Å². The van der Waals surface area contributed by atoms with E-state index >= 15 is 0 Å². The summed E-state index contributed by atoms with van der Waals surface area (Å²) in [5, 5.41) is 0. The number of allylic oxidation sites excluding steroid dienone is 4. The fraction of sp³-hybridized carbons (Fsp3) is 0.556. The minimum absolute atomic E-state index is 0. The molecule has 0 radical (unpaired) electrons. The zero-order valence-electron chi connectivity index (χ0n) is 7.23. The van der Waals surface area contributed by atoms with Crippen LogP contribution >= 0.6 is 0 Å². The minimum Gasteiger partial charge on any atom is -1.00 e. The van der Waals surface area contributed by atoms with Gasteiger partial charge in [-0.2, -0.15) is 0 Å². The molecule has 0 aromatic rings. The van der Waals surface area contributed by atoms with Gasteiger partial charge in [-0.15, -0.1) is 0 Å². The monoisotopic (exact) mass is 206 g/mol. The van der Waals surface area contributed by atoms with Crippen LogP contribution in [0.2, 0.25) is 9.45 Å². The molecular weight excluding hydrogens is 191 g/mol. The van der Waals surface area contributed by atoms with Crippen LogP contribution in [0.15, 0.2) is 22.1 Å². The quantitative estimate of drug-likeness (QED) is 0.584. The fourth-order valence-corrected chi connectivity index (χ4v) is 4.77. The molecule has 0 N–H and O–H groups in total. The van der Waals surface area contributed by atoms with E-state index in [-0.39, 0.29) is 12.4 Å². The summed E-state index contributed by atoms with van der Waals surface area (Å²) in [6.45, 7) is 4.69. The van der Waals surface area contributed by atoms with Crippen molar-refractivity contribution >= 4 is 0 Å². The molecule has 0 nitrogen and oxygen atoms in total. The summed E-state index contributed by atoms with van der Waals surface area (Å²) < 4.78 is 4.72. The number of hydrogen-bond acceptors (Lipinski definition) is 0. The predicted octanol–water partition coefficient (Wildman–Crippen LogP) is 0.329. The molecule has 0 fully saturated rings. The molecule has 0 aromatic heterocycles. The van der Waals surface area contributed by atoms with Crippen LogP contribution in [-0.4, -0.2) is 0 Å². The SMILES string of the molecule is C[CH2][Ti+]([CH2]C)[C]1=CC=CC1.[Cl-]. The molecule has 0 saturated carbocycles. The average molecular weight is 207 g/mol. The van der Waals surface area contributed by atoms with Crippen LogP contribution in [0.3, 0.4) is 0 Å². The number of hydrogen-bond donors (Lipinski definition) is 0. The summed E-state index contributed by atoms with van der Waals surface area (Å²) in [6, 6.07) is 0. The van der Waals surface area contributed by atoms with Gasteiger partial charge < -0.3 is 12.4 Å². The summed E-state index contributed by atoms with van der Waals surface area (Å²) in [7, 11) is 0. The Bertz CT molecular complexity index is 157. The van der Waals surface area contributed by atoms with Gasteiger partial charge >= 0.3 is 69.7 Å². The van der Waals surface area contributed by atoms with Gasteiger partial charge in [-0.3, -0.25) is 0 Å². The maximum atomic E-state index is 2.35. The van der Waals surface area contributed by atoms with Crippen LogP contribution in [0.5, 0.6) is 0 Å². The second-order valence-corrected chi connectivity index (χ2v) is 7.73. The van der Waals surface area contributed by atoms with Crippen LogP contribution < -0.4 is 12.4 Å². The molecule has 62 valence electrons. The Morgan fingerprint density at radius 3 is 2.36 bits per heavy atom. The first-order chi connectivity index (χ1) is 4.88. The maximum Gasteiger partial charge on any atom is -1.00 e. The van der Waals surface area contributed by atoms with Gasteiger partial charge in [0.05, 0.1) is 0 Å². The summed E-state index contributed by atoms with van der Waals surface area (Å²) in [6.07, 6.45) is 8.13. The second kappa shape index (κ2) is 6.05. The number of halogens is 1. The summed E-state index contributed by atoms with van der Waals surface area (Å²) >= 11 is -0.704. The van der Waals surface area contributed by atoms with Crippen molar-refractivity contribution in [1.82, 2.24) is 0 Å². The van der Waals surface area contributed by atoms with E-state index in [4.69, 9.17) is 0 Å². The first-order valence-corrected chi connectivity index (χ1v) is 7.08. The van der Waals surface area contributed by atoms with Crippen LogP contribution in [0.25, 0.3) is 0 Å². The normalized spacial score (nSPS) is 14.2. The molecule has 0 atom stereocenters. The Balaban J connectivity index is 0.000001000. The van der Waals surface area contributed by atoms with Crippen molar-refractivity contribution in [3.63, 3.8) is 0 Å². The van der Waals surface area contributed by atoms with E-state index in [2.05, 4.69) is 32.1 Å². The van der Waals surface area contributed by atoms with Gasteiger partial charge in [0.2, 0.25) is 0 Å². The summed E-state index contributed by atoms with van der Waals surface area (Å²) in [5.41, 5.74) is 0. The van der Waals surface area contributed by atoms with Gasteiger partial charge in [0.15, 0.2) is 0 Å². The van der Waals surface area contributed by atoms with Crippen molar-refractivity contribution in [2.24, 2.45) is 0 Å². The Morgan fingerprint density at radius 2 is 2.00 bits per heavy atom. The molecule has 1 aliphatic rings. The van der Waals surface area contributed by atoms with Crippen LogP contribution in [0.4, 0.5) is 0 Å².